The molecule has 0 fully saturated rings. The van der Waals surface area contributed by atoms with Crippen LogP contribution in [-0.4, -0.2) is 0 Å². The van der Waals surface area contributed by atoms with Gasteiger partial charge in [0.05, 0.1) is 0 Å². The molecule has 11 rings (SSSR count). The monoisotopic (exact) mass is 584 g/mol. The third-order valence-corrected chi connectivity index (χ3v) is 11.3. The van der Waals surface area contributed by atoms with Gasteiger partial charge in [-0.15, -0.1) is 0 Å². The van der Waals surface area contributed by atoms with Crippen LogP contribution in [0.4, 0.5) is 0 Å². The molecule has 46 heavy (non-hydrogen) atoms. The molecule has 0 bridgehead atoms. The Morgan fingerprint density at radius 3 is 1.26 bits per heavy atom. The van der Waals surface area contributed by atoms with Crippen molar-refractivity contribution in [3.63, 3.8) is 0 Å². The van der Waals surface area contributed by atoms with E-state index in [0.29, 0.717) is 11.8 Å². The Balaban J connectivity index is 1.36. The fourth-order valence-electron chi connectivity index (χ4n) is 9.63. The van der Waals surface area contributed by atoms with Crippen molar-refractivity contribution >= 4 is 86.2 Å². The predicted octanol–water partition coefficient (Wildman–Crippen LogP) is 13.7. The number of benzene rings is 8. The zero-order valence-electron chi connectivity index (χ0n) is 26.5. The van der Waals surface area contributed by atoms with Crippen molar-refractivity contribution in [2.75, 3.05) is 0 Å². The van der Waals surface area contributed by atoms with Gasteiger partial charge in [0.25, 0.3) is 0 Å². The number of fused-ring (bicyclic) bond motifs is 11. The molecule has 0 aliphatic heterocycles. The first-order chi connectivity index (χ1) is 22.5. The van der Waals surface area contributed by atoms with Gasteiger partial charge in [-0.05, 0) is 156 Å². The molecular weight excluding hydrogens is 553 g/mol. The third-order valence-electron chi connectivity index (χ3n) is 11.3. The Bertz CT molecular complexity index is 2760. The summed E-state index contributed by atoms with van der Waals surface area (Å²) in [5.41, 5.74) is 8.50. The Morgan fingerprint density at radius 1 is 0.304 bits per heavy atom. The van der Waals surface area contributed by atoms with Crippen LogP contribution >= 0.6 is 0 Å². The summed E-state index contributed by atoms with van der Waals surface area (Å²) in [6, 6.07) is 42.1. The van der Waals surface area contributed by atoms with Crippen molar-refractivity contribution in [3.05, 3.63) is 120 Å². The Hall–Kier alpha value is -5.20. The van der Waals surface area contributed by atoms with Crippen LogP contribution in [0.15, 0.2) is 109 Å². The summed E-state index contributed by atoms with van der Waals surface area (Å²) in [6.45, 7) is 9.58. The van der Waals surface area contributed by atoms with E-state index in [2.05, 4.69) is 137 Å². The van der Waals surface area contributed by atoms with Gasteiger partial charge in [-0.3, -0.25) is 0 Å². The van der Waals surface area contributed by atoms with Crippen molar-refractivity contribution in [1.29, 1.82) is 0 Å². The van der Waals surface area contributed by atoms with Crippen molar-refractivity contribution in [3.8, 4) is 22.3 Å². The highest BCUT2D eigenvalue weighted by Gasteiger charge is 2.29. The first kappa shape index (κ1) is 25.0. The lowest BCUT2D eigenvalue weighted by Gasteiger charge is -2.20. The average molecular weight is 585 g/mol. The molecule has 216 valence electrons. The van der Waals surface area contributed by atoms with E-state index in [1.807, 2.05) is 0 Å². The van der Waals surface area contributed by atoms with Gasteiger partial charge in [0, 0.05) is 0 Å². The highest BCUT2D eigenvalue weighted by atomic mass is 14.3. The molecule has 0 radical (unpaired) electrons. The van der Waals surface area contributed by atoms with Gasteiger partial charge in [-0.2, -0.15) is 0 Å². The van der Waals surface area contributed by atoms with Crippen molar-refractivity contribution in [2.24, 2.45) is 0 Å². The Morgan fingerprint density at radius 2 is 0.783 bits per heavy atom. The maximum absolute atomic E-state index is 2.56. The third kappa shape index (κ3) is 2.84. The van der Waals surface area contributed by atoms with Crippen LogP contribution in [0.1, 0.15) is 50.7 Å². The molecule has 0 saturated carbocycles. The summed E-state index contributed by atoms with van der Waals surface area (Å²) in [5, 5.41) is 22.4. The molecule has 1 aliphatic carbocycles. The fraction of sp³-hybridized carbons (Fsp3) is 0.130. The Kier molecular flexibility index (Phi) is 4.54. The molecule has 0 amide bonds. The molecule has 0 spiro atoms. The van der Waals surface area contributed by atoms with E-state index in [4.69, 9.17) is 0 Å². The van der Waals surface area contributed by atoms with Crippen LogP contribution < -0.4 is 0 Å². The van der Waals surface area contributed by atoms with E-state index in [0.717, 1.165) is 0 Å². The quantitative estimate of drug-likeness (QED) is 0.190. The van der Waals surface area contributed by atoms with Crippen LogP contribution in [0.3, 0.4) is 0 Å². The number of hydrogen-bond acceptors (Lipinski definition) is 0. The molecule has 0 aromatic heterocycles. The zero-order chi connectivity index (χ0) is 30.6. The van der Waals surface area contributed by atoms with E-state index in [9.17, 15) is 0 Å². The van der Waals surface area contributed by atoms with Crippen molar-refractivity contribution in [2.45, 2.75) is 39.5 Å². The van der Waals surface area contributed by atoms with Crippen LogP contribution in [0.2, 0.25) is 0 Å². The summed E-state index contributed by atoms with van der Waals surface area (Å²) in [7, 11) is 0. The largest absolute Gasteiger partial charge is 0.0616 e. The standard InChI is InChI=1S/C46H32/c1-23(2)40-38-21-36-28-13-7-11-25-12-8-14-29(42(25)28)37(36)22-39(38)41(24(3)4)46-33-18-16-31-35-20-27-10-6-5-9-26(27)19-34(35)30-15-17-32(45(40)46)44(33)43(30)31/h5-24H,1-4H3. The highest BCUT2D eigenvalue weighted by molar-refractivity contribution is 6.40. The van der Waals surface area contributed by atoms with E-state index in [-0.39, 0.29) is 0 Å². The second-order valence-electron chi connectivity index (χ2n) is 14.4. The lowest BCUT2D eigenvalue weighted by molar-refractivity contribution is 0.875. The molecule has 0 unspecified atom stereocenters. The van der Waals surface area contributed by atoms with Crippen LogP contribution in [-0.2, 0) is 0 Å². The molecule has 0 saturated heterocycles. The molecule has 1 aliphatic rings. The van der Waals surface area contributed by atoms with E-state index in [1.54, 1.807) is 0 Å². The lowest BCUT2D eigenvalue weighted by atomic mass is 9.83. The van der Waals surface area contributed by atoms with E-state index >= 15 is 0 Å². The maximum Gasteiger partial charge on any atom is -0.00137 e. The number of hydrogen-bond donors (Lipinski definition) is 0. The topological polar surface area (TPSA) is 0 Å². The van der Waals surface area contributed by atoms with Gasteiger partial charge in [0.15, 0.2) is 0 Å². The highest BCUT2D eigenvalue weighted by Crippen LogP contribution is 2.56. The molecular formula is C46H32. The van der Waals surface area contributed by atoms with Gasteiger partial charge in [-0.1, -0.05) is 113 Å². The first-order valence-electron chi connectivity index (χ1n) is 16.8. The summed E-state index contributed by atoms with van der Waals surface area (Å²) >= 11 is 0. The molecule has 10 aromatic rings. The molecule has 0 nitrogen and oxygen atoms in total. The SMILES string of the molecule is CC(C)c1c2cc3c(cc2c(C(C)C)c2c4ccc5c6c(ccc(c12)c64)-c1cc2ccccc2cc1-5)c1cccc2cccc3c21. The van der Waals surface area contributed by atoms with Gasteiger partial charge < -0.3 is 0 Å². The van der Waals surface area contributed by atoms with Gasteiger partial charge in [-0.25, -0.2) is 0 Å². The normalized spacial score (nSPS) is 13.2. The van der Waals surface area contributed by atoms with E-state index < -0.39 is 0 Å². The zero-order valence-corrected chi connectivity index (χ0v) is 26.5. The maximum atomic E-state index is 2.56. The van der Waals surface area contributed by atoms with Crippen molar-refractivity contribution < 1.29 is 0 Å². The predicted molar refractivity (Wildman–Crippen MR) is 201 cm³/mol. The lowest BCUT2D eigenvalue weighted by Crippen LogP contribution is -1.98. The van der Waals surface area contributed by atoms with Gasteiger partial charge in [0.2, 0.25) is 0 Å². The first-order valence-corrected chi connectivity index (χ1v) is 16.8. The average Bonchev–Trinajstić information content (AvgIpc) is 3.67. The molecule has 0 heterocycles. The smallest absolute Gasteiger partial charge is 0.00137 e. The molecule has 0 heteroatoms. The minimum Gasteiger partial charge on any atom is -0.0616 e. The van der Waals surface area contributed by atoms with E-state index in [1.165, 1.54) is 120 Å². The van der Waals surface area contributed by atoms with Crippen LogP contribution in [0.25, 0.3) is 108 Å². The van der Waals surface area contributed by atoms with Gasteiger partial charge >= 0.3 is 0 Å². The summed E-state index contributed by atoms with van der Waals surface area (Å²) in [4.78, 5) is 0. The van der Waals surface area contributed by atoms with Crippen LogP contribution in [0, 0.1) is 0 Å². The second kappa shape index (κ2) is 8.33. The second-order valence-corrected chi connectivity index (χ2v) is 14.4. The summed E-state index contributed by atoms with van der Waals surface area (Å²) < 4.78 is 0. The minimum absolute atomic E-state index is 0.381. The van der Waals surface area contributed by atoms with Crippen LogP contribution in [0.5, 0.6) is 0 Å². The fourth-order valence-corrected chi connectivity index (χ4v) is 9.63. The molecule has 0 N–H and O–H groups in total. The molecule has 10 aromatic carbocycles. The van der Waals surface area contributed by atoms with Gasteiger partial charge in [0.1, 0.15) is 0 Å². The van der Waals surface area contributed by atoms with Crippen molar-refractivity contribution in [1.82, 2.24) is 0 Å². The minimum atomic E-state index is 0.381. The number of rotatable bonds is 2. The molecule has 0 atom stereocenters. The Labute approximate surface area is 267 Å². The summed E-state index contributed by atoms with van der Waals surface area (Å²) in [5.74, 6) is 0.762. The summed E-state index contributed by atoms with van der Waals surface area (Å²) in [6.07, 6.45) is 0.